The molecule has 0 unspecified atom stereocenters. The van der Waals surface area contributed by atoms with Crippen molar-refractivity contribution in [1.82, 2.24) is 29.8 Å². The van der Waals surface area contributed by atoms with Gasteiger partial charge >= 0.3 is 5.69 Å². The number of aromatic nitrogens is 6. The Kier molecular flexibility index (Phi) is 6.54. The second-order valence-electron chi connectivity index (χ2n) is 8.58. The van der Waals surface area contributed by atoms with Gasteiger partial charge in [0.25, 0.3) is 0 Å². The van der Waals surface area contributed by atoms with E-state index in [4.69, 9.17) is 0 Å². The van der Waals surface area contributed by atoms with Gasteiger partial charge in [-0.05, 0) is 52.1 Å². The highest BCUT2D eigenvalue weighted by molar-refractivity contribution is 5.80. The summed E-state index contributed by atoms with van der Waals surface area (Å²) in [6.45, 7) is 2.59. The smallest absolute Gasteiger partial charge is 0.292 e. The van der Waals surface area contributed by atoms with Gasteiger partial charge in [0.05, 0.1) is 17.8 Å². The molecule has 178 valence electrons. The van der Waals surface area contributed by atoms with E-state index < -0.39 is 0 Å². The van der Waals surface area contributed by atoms with Crippen molar-refractivity contribution in [1.29, 1.82) is 5.26 Å². The molecule has 2 aromatic heterocycles. The molecule has 0 spiro atoms. The van der Waals surface area contributed by atoms with Crippen molar-refractivity contribution < 1.29 is 0 Å². The van der Waals surface area contributed by atoms with Crippen LogP contribution in [0.3, 0.4) is 0 Å². The molecule has 0 fully saturated rings. The minimum absolute atomic E-state index is 0.143. The Bertz CT molecular complexity index is 1570. The van der Waals surface area contributed by atoms with Gasteiger partial charge in [0.15, 0.2) is 5.82 Å². The molecule has 5 rings (SSSR count). The minimum Gasteiger partial charge on any atom is -0.292 e. The Morgan fingerprint density at radius 2 is 1.72 bits per heavy atom. The number of nitriles is 1. The number of imidazole rings is 1. The number of para-hydroxylation sites is 1. The van der Waals surface area contributed by atoms with Gasteiger partial charge in [-0.25, -0.2) is 9.89 Å². The van der Waals surface area contributed by atoms with Crippen molar-refractivity contribution >= 4 is 0 Å². The van der Waals surface area contributed by atoms with E-state index >= 15 is 0 Å². The van der Waals surface area contributed by atoms with E-state index in [0.29, 0.717) is 23.6 Å². The molecule has 1 N–H and O–H groups in total. The van der Waals surface area contributed by atoms with Gasteiger partial charge < -0.3 is 0 Å². The number of benzene rings is 3. The van der Waals surface area contributed by atoms with Gasteiger partial charge in [0.2, 0.25) is 0 Å². The molecule has 2 heterocycles. The Balaban J connectivity index is 1.49. The molecule has 3 aromatic carbocycles. The molecule has 0 saturated heterocycles. The van der Waals surface area contributed by atoms with Crippen LogP contribution in [0, 0.1) is 11.3 Å². The summed E-state index contributed by atoms with van der Waals surface area (Å²) in [6.07, 6.45) is 4.69. The number of aryl methyl sites for hydroxylation is 1. The zero-order valence-electron chi connectivity index (χ0n) is 19.9. The zero-order valence-corrected chi connectivity index (χ0v) is 19.9. The maximum Gasteiger partial charge on any atom is 0.333 e. The molecule has 0 atom stereocenters. The second-order valence-corrected chi connectivity index (χ2v) is 8.58. The average Bonchev–Trinajstić information content (AvgIpc) is 3.57. The lowest BCUT2D eigenvalue weighted by molar-refractivity contribution is 0.674. The van der Waals surface area contributed by atoms with Crippen molar-refractivity contribution in [3.63, 3.8) is 0 Å². The molecular formula is C28H25N7O. The van der Waals surface area contributed by atoms with E-state index in [0.717, 1.165) is 47.2 Å². The van der Waals surface area contributed by atoms with E-state index in [1.165, 1.54) is 0 Å². The van der Waals surface area contributed by atoms with Crippen molar-refractivity contribution in [2.75, 3.05) is 0 Å². The van der Waals surface area contributed by atoms with Crippen molar-refractivity contribution in [2.45, 2.75) is 32.7 Å². The fourth-order valence-electron chi connectivity index (χ4n) is 4.39. The highest BCUT2D eigenvalue weighted by Crippen LogP contribution is 2.29. The van der Waals surface area contributed by atoms with E-state index in [2.05, 4.69) is 45.7 Å². The lowest BCUT2D eigenvalue weighted by Crippen LogP contribution is -2.25. The number of hydrogen-bond donors (Lipinski definition) is 1. The summed E-state index contributed by atoms with van der Waals surface area (Å²) in [5.41, 5.74) is 5.88. The molecule has 8 nitrogen and oxygen atoms in total. The van der Waals surface area contributed by atoms with Gasteiger partial charge in [-0.1, -0.05) is 74.0 Å². The first kappa shape index (κ1) is 23.0. The topological polar surface area (TPSA) is 105 Å². The monoisotopic (exact) mass is 475 g/mol. The standard InChI is InChI=1S/C28H25N7O/c1-2-3-9-23-19-35(26-12-7-4-8-22(26)17-29)28(36)34(23)18-20-13-15-21(16-14-20)24-10-5-6-11-25(24)27-30-32-33-31-27/h4-8,10-16,19H,2-3,9,18H2,1H3,(H,30,31,32,33). The molecule has 0 bridgehead atoms. The number of hydrogen-bond acceptors (Lipinski definition) is 5. The number of rotatable bonds is 8. The fourth-order valence-corrected chi connectivity index (χ4v) is 4.39. The summed E-state index contributed by atoms with van der Waals surface area (Å²) < 4.78 is 3.41. The van der Waals surface area contributed by atoms with E-state index in [1.54, 1.807) is 16.7 Å². The summed E-state index contributed by atoms with van der Waals surface area (Å²) in [4.78, 5) is 13.5. The van der Waals surface area contributed by atoms with Gasteiger partial charge in [-0.2, -0.15) is 5.26 Å². The van der Waals surface area contributed by atoms with Gasteiger partial charge in [0.1, 0.15) is 6.07 Å². The molecule has 36 heavy (non-hydrogen) atoms. The van der Waals surface area contributed by atoms with Crippen LogP contribution >= 0.6 is 0 Å². The van der Waals surface area contributed by atoms with Crippen LogP contribution in [0.5, 0.6) is 0 Å². The normalized spacial score (nSPS) is 10.9. The number of nitrogens with zero attached hydrogens (tertiary/aromatic N) is 6. The Hall–Kier alpha value is -4.77. The SMILES string of the molecule is CCCCc1cn(-c2ccccc2C#N)c(=O)n1Cc1ccc(-c2ccccc2-c2nnn[nH]2)cc1. The molecule has 0 radical (unpaired) electrons. The van der Waals surface area contributed by atoms with Crippen LogP contribution in [0.1, 0.15) is 36.6 Å². The lowest BCUT2D eigenvalue weighted by Gasteiger charge is -2.10. The molecule has 0 aliphatic rings. The molecule has 5 aromatic rings. The fraction of sp³-hybridized carbons (Fsp3) is 0.179. The van der Waals surface area contributed by atoms with Gasteiger partial charge in [-0.3, -0.25) is 9.13 Å². The lowest BCUT2D eigenvalue weighted by atomic mass is 9.98. The summed E-state index contributed by atoms with van der Waals surface area (Å²) >= 11 is 0. The third-order valence-electron chi connectivity index (χ3n) is 6.27. The quantitative estimate of drug-likeness (QED) is 0.349. The summed E-state index contributed by atoms with van der Waals surface area (Å²) in [6, 6.07) is 25.5. The average molecular weight is 476 g/mol. The first-order chi connectivity index (χ1) is 17.7. The van der Waals surface area contributed by atoms with Crippen LogP contribution in [-0.2, 0) is 13.0 Å². The number of nitrogens with one attached hydrogen (secondary N) is 1. The number of unbranched alkanes of at least 4 members (excludes halogenated alkanes) is 1. The Morgan fingerprint density at radius 3 is 2.44 bits per heavy atom. The number of H-pyrrole nitrogens is 1. The van der Waals surface area contributed by atoms with Crippen molar-refractivity contribution in [3.05, 3.63) is 106 Å². The van der Waals surface area contributed by atoms with E-state index in [-0.39, 0.29) is 5.69 Å². The highest BCUT2D eigenvalue weighted by Gasteiger charge is 2.16. The molecule has 0 amide bonds. The van der Waals surface area contributed by atoms with Crippen molar-refractivity contribution in [3.8, 4) is 34.3 Å². The predicted octanol–water partition coefficient (Wildman–Crippen LogP) is 4.75. The zero-order chi connectivity index (χ0) is 24.9. The number of tetrazole rings is 1. The Morgan fingerprint density at radius 1 is 0.972 bits per heavy atom. The van der Waals surface area contributed by atoms with Crippen LogP contribution in [0.15, 0.2) is 83.8 Å². The van der Waals surface area contributed by atoms with E-state index in [9.17, 15) is 10.1 Å². The second kappa shape index (κ2) is 10.2. The minimum atomic E-state index is -0.143. The predicted molar refractivity (Wildman–Crippen MR) is 138 cm³/mol. The van der Waals surface area contributed by atoms with Crippen LogP contribution < -0.4 is 5.69 Å². The maximum atomic E-state index is 13.5. The highest BCUT2D eigenvalue weighted by atomic mass is 16.1. The molecule has 0 aliphatic carbocycles. The summed E-state index contributed by atoms with van der Waals surface area (Å²) in [5.74, 6) is 0.612. The van der Waals surface area contributed by atoms with Crippen LogP contribution in [0.4, 0.5) is 0 Å². The van der Waals surface area contributed by atoms with Gasteiger partial charge in [0, 0.05) is 17.5 Å². The Labute approximate surface area is 208 Å². The third-order valence-corrected chi connectivity index (χ3v) is 6.27. The van der Waals surface area contributed by atoms with Crippen LogP contribution in [-0.4, -0.2) is 29.8 Å². The molecule has 0 aliphatic heterocycles. The first-order valence-electron chi connectivity index (χ1n) is 11.9. The van der Waals surface area contributed by atoms with Crippen LogP contribution in [0.2, 0.25) is 0 Å². The van der Waals surface area contributed by atoms with Crippen molar-refractivity contribution in [2.24, 2.45) is 0 Å². The van der Waals surface area contributed by atoms with Gasteiger partial charge in [-0.15, -0.1) is 5.10 Å². The third kappa shape index (κ3) is 4.46. The maximum absolute atomic E-state index is 13.5. The first-order valence-corrected chi connectivity index (χ1v) is 11.9. The summed E-state index contributed by atoms with van der Waals surface area (Å²) in [5, 5.41) is 23.8. The largest absolute Gasteiger partial charge is 0.333 e. The summed E-state index contributed by atoms with van der Waals surface area (Å²) in [7, 11) is 0. The van der Waals surface area contributed by atoms with Crippen LogP contribution in [0.25, 0.3) is 28.2 Å². The number of aromatic amines is 1. The molecule has 8 heteroatoms. The molecular weight excluding hydrogens is 450 g/mol. The van der Waals surface area contributed by atoms with E-state index in [1.807, 2.05) is 59.3 Å². The molecule has 0 saturated carbocycles.